The first-order valence-corrected chi connectivity index (χ1v) is 7.04. The number of likely N-dealkylation sites (N-methyl/N-ethyl adjacent to an activating group) is 1. The normalized spacial score (nSPS) is 23.5. The van der Waals surface area contributed by atoms with Crippen LogP contribution in [0.5, 0.6) is 0 Å². The molecule has 0 saturated carbocycles. The third-order valence-electron chi connectivity index (χ3n) is 3.37. The minimum Gasteiger partial charge on any atom is -0.346 e. The summed E-state index contributed by atoms with van der Waals surface area (Å²) in [5.74, 6) is 0. The summed E-state index contributed by atoms with van der Waals surface area (Å²) in [6.07, 6.45) is 4.01. The Balaban J connectivity index is 1.80. The number of ether oxygens (including phenoxy) is 2. The summed E-state index contributed by atoms with van der Waals surface area (Å²) in [4.78, 5) is 2.36. The van der Waals surface area contributed by atoms with Crippen LogP contribution in [0.4, 0.5) is 0 Å². The Bertz CT molecular complexity index is 387. The zero-order valence-corrected chi connectivity index (χ0v) is 11.8. The van der Waals surface area contributed by atoms with E-state index in [9.17, 15) is 0 Å². The molecule has 2 rings (SSSR count). The standard InChI is InChI=1S/C16H23NO2/c1-3-17(4-2)12-15-13-18-16(19-15)11-10-14-8-6-5-7-9-14/h5-11,15-16H,3-4,12-13H2,1-2H3/b11-10+/t15-,16-/m1/s1. The van der Waals surface area contributed by atoms with Crippen molar-refractivity contribution < 1.29 is 9.47 Å². The van der Waals surface area contributed by atoms with Gasteiger partial charge in [-0.15, -0.1) is 0 Å². The van der Waals surface area contributed by atoms with Crippen LogP contribution in [0.3, 0.4) is 0 Å². The molecule has 0 spiro atoms. The van der Waals surface area contributed by atoms with Gasteiger partial charge in [-0.05, 0) is 24.7 Å². The molecular weight excluding hydrogens is 238 g/mol. The zero-order valence-electron chi connectivity index (χ0n) is 11.8. The quantitative estimate of drug-likeness (QED) is 0.786. The van der Waals surface area contributed by atoms with Crippen molar-refractivity contribution in [3.05, 3.63) is 42.0 Å². The first-order valence-electron chi connectivity index (χ1n) is 7.04. The SMILES string of the molecule is CCN(CC)C[C@@H]1CO[C@@H](/C=C/c2ccccc2)O1. The largest absolute Gasteiger partial charge is 0.346 e. The molecular formula is C16H23NO2. The average molecular weight is 261 g/mol. The first-order chi connectivity index (χ1) is 9.31. The Morgan fingerprint density at radius 1 is 1.21 bits per heavy atom. The maximum Gasteiger partial charge on any atom is 0.177 e. The molecule has 1 fully saturated rings. The Morgan fingerprint density at radius 3 is 2.63 bits per heavy atom. The number of hydrogen-bond acceptors (Lipinski definition) is 3. The fourth-order valence-electron chi connectivity index (χ4n) is 2.19. The van der Waals surface area contributed by atoms with Crippen molar-refractivity contribution in [2.75, 3.05) is 26.2 Å². The van der Waals surface area contributed by atoms with E-state index in [0.717, 1.165) is 19.6 Å². The smallest absolute Gasteiger partial charge is 0.177 e. The van der Waals surface area contributed by atoms with E-state index in [1.807, 2.05) is 30.4 Å². The number of hydrogen-bond donors (Lipinski definition) is 0. The van der Waals surface area contributed by atoms with Crippen molar-refractivity contribution in [3.8, 4) is 0 Å². The van der Waals surface area contributed by atoms with Gasteiger partial charge in [-0.3, -0.25) is 0 Å². The summed E-state index contributed by atoms with van der Waals surface area (Å²) in [6, 6.07) is 10.2. The number of nitrogens with zero attached hydrogens (tertiary/aromatic N) is 1. The zero-order chi connectivity index (χ0) is 13.5. The van der Waals surface area contributed by atoms with E-state index in [1.54, 1.807) is 0 Å². The molecule has 0 N–H and O–H groups in total. The van der Waals surface area contributed by atoms with Gasteiger partial charge in [0.1, 0.15) is 0 Å². The molecule has 2 atom stereocenters. The van der Waals surface area contributed by atoms with Crippen molar-refractivity contribution in [2.24, 2.45) is 0 Å². The van der Waals surface area contributed by atoms with Crippen LogP contribution in [0.1, 0.15) is 19.4 Å². The van der Waals surface area contributed by atoms with Gasteiger partial charge in [0.15, 0.2) is 6.29 Å². The molecule has 1 aliphatic heterocycles. The Kier molecular flexibility index (Phi) is 5.58. The van der Waals surface area contributed by atoms with Gasteiger partial charge in [0.05, 0.1) is 12.7 Å². The van der Waals surface area contributed by atoms with Gasteiger partial charge in [-0.1, -0.05) is 50.3 Å². The highest BCUT2D eigenvalue weighted by Crippen LogP contribution is 2.15. The van der Waals surface area contributed by atoms with Crippen molar-refractivity contribution in [1.82, 2.24) is 4.90 Å². The minimum atomic E-state index is -0.208. The summed E-state index contributed by atoms with van der Waals surface area (Å²) >= 11 is 0. The molecule has 0 bridgehead atoms. The van der Waals surface area contributed by atoms with E-state index < -0.39 is 0 Å². The average Bonchev–Trinajstić information content (AvgIpc) is 2.91. The second-order valence-corrected chi connectivity index (χ2v) is 4.72. The first kappa shape index (κ1) is 14.3. The van der Waals surface area contributed by atoms with Gasteiger partial charge in [-0.2, -0.15) is 0 Å². The van der Waals surface area contributed by atoms with E-state index in [1.165, 1.54) is 5.56 Å². The van der Waals surface area contributed by atoms with Crippen molar-refractivity contribution >= 4 is 6.08 Å². The van der Waals surface area contributed by atoms with Crippen LogP contribution in [-0.2, 0) is 9.47 Å². The van der Waals surface area contributed by atoms with Gasteiger partial charge in [0.25, 0.3) is 0 Å². The monoisotopic (exact) mass is 261 g/mol. The van der Waals surface area contributed by atoms with E-state index in [-0.39, 0.29) is 12.4 Å². The lowest BCUT2D eigenvalue weighted by Gasteiger charge is -2.20. The molecule has 0 aliphatic carbocycles. The maximum atomic E-state index is 5.87. The summed E-state index contributed by atoms with van der Waals surface area (Å²) in [5.41, 5.74) is 1.17. The lowest BCUT2D eigenvalue weighted by Crippen LogP contribution is -2.33. The maximum absolute atomic E-state index is 5.87. The van der Waals surface area contributed by atoms with Crippen LogP contribution in [0.25, 0.3) is 6.08 Å². The third kappa shape index (κ3) is 4.46. The van der Waals surface area contributed by atoms with Crippen molar-refractivity contribution in [2.45, 2.75) is 26.2 Å². The second kappa shape index (κ2) is 7.43. The van der Waals surface area contributed by atoms with Crippen LogP contribution in [-0.4, -0.2) is 43.5 Å². The van der Waals surface area contributed by atoms with Crippen LogP contribution in [0.2, 0.25) is 0 Å². The van der Waals surface area contributed by atoms with Crippen LogP contribution < -0.4 is 0 Å². The van der Waals surface area contributed by atoms with Crippen LogP contribution in [0.15, 0.2) is 36.4 Å². The molecule has 19 heavy (non-hydrogen) atoms. The van der Waals surface area contributed by atoms with Crippen LogP contribution in [0, 0.1) is 0 Å². The van der Waals surface area contributed by atoms with Gasteiger partial charge < -0.3 is 14.4 Å². The van der Waals surface area contributed by atoms with E-state index in [2.05, 4.69) is 30.9 Å². The lowest BCUT2D eigenvalue weighted by molar-refractivity contribution is -0.0245. The fraction of sp³-hybridized carbons (Fsp3) is 0.500. The van der Waals surface area contributed by atoms with Gasteiger partial charge in [-0.25, -0.2) is 0 Å². The molecule has 0 radical (unpaired) electrons. The predicted octanol–water partition coefficient (Wildman–Crippen LogP) is 2.78. The molecule has 1 heterocycles. The second-order valence-electron chi connectivity index (χ2n) is 4.72. The topological polar surface area (TPSA) is 21.7 Å². The Morgan fingerprint density at radius 2 is 1.95 bits per heavy atom. The molecule has 1 aromatic carbocycles. The summed E-state index contributed by atoms with van der Waals surface area (Å²) in [7, 11) is 0. The molecule has 104 valence electrons. The predicted molar refractivity (Wildman–Crippen MR) is 77.9 cm³/mol. The molecule has 3 heteroatoms. The summed E-state index contributed by atoms with van der Waals surface area (Å²) < 4.78 is 11.5. The highest BCUT2D eigenvalue weighted by Gasteiger charge is 2.25. The number of benzene rings is 1. The summed E-state index contributed by atoms with van der Waals surface area (Å²) in [6.45, 7) is 8.09. The summed E-state index contributed by atoms with van der Waals surface area (Å²) in [5, 5.41) is 0. The van der Waals surface area contributed by atoms with E-state index in [4.69, 9.17) is 9.47 Å². The lowest BCUT2D eigenvalue weighted by atomic mass is 10.2. The van der Waals surface area contributed by atoms with Gasteiger partial charge in [0.2, 0.25) is 0 Å². The molecule has 0 unspecified atom stereocenters. The minimum absolute atomic E-state index is 0.185. The van der Waals surface area contributed by atoms with E-state index in [0.29, 0.717) is 6.61 Å². The highest BCUT2D eigenvalue weighted by atomic mass is 16.7. The fourth-order valence-corrected chi connectivity index (χ4v) is 2.19. The van der Waals surface area contributed by atoms with E-state index >= 15 is 0 Å². The molecule has 1 aromatic rings. The van der Waals surface area contributed by atoms with Gasteiger partial charge in [0, 0.05) is 6.54 Å². The van der Waals surface area contributed by atoms with Crippen LogP contribution >= 0.6 is 0 Å². The molecule has 0 amide bonds. The molecule has 0 aromatic heterocycles. The van der Waals surface area contributed by atoms with Crippen molar-refractivity contribution in [1.29, 1.82) is 0 Å². The Labute approximate surface area is 115 Å². The Hall–Kier alpha value is -1.16. The van der Waals surface area contributed by atoms with Crippen molar-refractivity contribution in [3.63, 3.8) is 0 Å². The molecule has 1 saturated heterocycles. The van der Waals surface area contributed by atoms with Gasteiger partial charge >= 0.3 is 0 Å². The number of rotatable bonds is 6. The highest BCUT2D eigenvalue weighted by molar-refractivity contribution is 5.49. The molecule has 1 aliphatic rings. The third-order valence-corrected chi connectivity index (χ3v) is 3.37. The molecule has 3 nitrogen and oxygen atoms in total.